The largest absolute Gasteiger partial charge is 0.494 e. The van der Waals surface area contributed by atoms with Crippen LogP contribution >= 0.6 is 0 Å². The smallest absolute Gasteiger partial charge is 0.309 e. The maximum atomic E-state index is 12.1. The summed E-state index contributed by atoms with van der Waals surface area (Å²) in [5.41, 5.74) is 0.601. The topological polar surface area (TPSA) is 82.1 Å². The molecule has 0 spiro atoms. The number of hydrogen-bond acceptors (Lipinski definition) is 6. The molecule has 2 rings (SSSR count). The Morgan fingerprint density at radius 3 is 2.25 bits per heavy atom. The van der Waals surface area contributed by atoms with Gasteiger partial charge < -0.3 is 14.2 Å². The predicted octanol–water partition coefficient (Wildman–Crippen LogP) is 2.85. The first-order valence-corrected chi connectivity index (χ1v) is 10.3. The molecule has 0 aliphatic carbocycles. The Kier molecular flexibility index (Phi) is 7.83. The molecule has 7 nitrogen and oxygen atoms in total. The van der Waals surface area contributed by atoms with Crippen molar-refractivity contribution < 1.29 is 27.4 Å². The van der Waals surface area contributed by atoms with Gasteiger partial charge in [-0.3, -0.25) is 4.79 Å². The summed E-state index contributed by atoms with van der Waals surface area (Å²) >= 11 is 0. The van der Waals surface area contributed by atoms with E-state index in [4.69, 9.17) is 14.2 Å². The highest BCUT2D eigenvalue weighted by Crippen LogP contribution is 2.18. The lowest BCUT2D eigenvalue weighted by atomic mass is 10.2. The fourth-order valence-electron chi connectivity index (χ4n) is 2.29. The van der Waals surface area contributed by atoms with E-state index in [1.54, 1.807) is 36.4 Å². The molecule has 0 radical (unpaired) electrons. The van der Waals surface area contributed by atoms with E-state index in [-0.39, 0.29) is 24.5 Å². The highest BCUT2D eigenvalue weighted by molar-refractivity contribution is 7.89. The van der Waals surface area contributed by atoms with Gasteiger partial charge in [0, 0.05) is 14.1 Å². The van der Waals surface area contributed by atoms with Crippen LogP contribution in [-0.2, 0) is 26.2 Å². The average molecular weight is 407 g/mol. The van der Waals surface area contributed by atoms with Crippen molar-refractivity contribution in [2.75, 3.05) is 27.3 Å². The van der Waals surface area contributed by atoms with Gasteiger partial charge >= 0.3 is 5.97 Å². The van der Waals surface area contributed by atoms with E-state index in [0.29, 0.717) is 17.9 Å². The molecule has 0 bridgehead atoms. The fourth-order valence-corrected chi connectivity index (χ4v) is 3.27. The molecule has 152 valence electrons. The standard InChI is InChI=1S/C20H25NO6S/c1-4-25-17-8-10-18(11-9-17)26-13-12-20(22)27-15-16-6-5-7-19(14-16)28(23,24)21(2)3/h5-11,14H,4,12-13,15H2,1-3H3. The molecule has 0 heterocycles. The van der Waals surface area contributed by atoms with E-state index in [2.05, 4.69) is 0 Å². The van der Waals surface area contributed by atoms with Crippen LogP contribution in [0, 0.1) is 0 Å². The van der Waals surface area contributed by atoms with E-state index < -0.39 is 16.0 Å². The molecule has 8 heteroatoms. The van der Waals surface area contributed by atoms with Gasteiger partial charge in [0.05, 0.1) is 24.5 Å². The van der Waals surface area contributed by atoms with Gasteiger partial charge in [-0.2, -0.15) is 0 Å². The van der Waals surface area contributed by atoms with Crippen molar-refractivity contribution in [3.8, 4) is 11.5 Å². The van der Waals surface area contributed by atoms with E-state index >= 15 is 0 Å². The van der Waals surface area contributed by atoms with Gasteiger partial charge in [-0.05, 0) is 48.9 Å². The van der Waals surface area contributed by atoms with Crippen molar-refractivity contribution in [2.45, 2.75) is 24.8 Å². The molecule has 0 saturated heterocycles. The van der Waals surface area contributed by atoms with Crippen LogP contribution in [-0.4, -0.2) is 46.0 Å². The van der Waals surface area contributed by atoms with Gasteiger partial charge in [-0.1, -0.05) is 12.1 Å². The van der Waals surface area contributed by atoms with Crippen LogP contribution in [0.1, 0.15) is 18.9 Å². The summed E-state index contributed by atoms with van der Waals surface area (Å²) in [6, 6.07) is 13.5. The number of nitrogens with zero attached hydrogens (tertiary/aromatic N) is 1. The second kappa shape index (κ2) is 10.1. The lowest BCUT2D eigenvalue weighted by Crippen LogP contribution is -2.22. The van der Waals surface area contributed by atoms with Gasteiger partial charge in [0.1, 0.15) is 18.1 Å². The van der Waals surface area contributed by atoms with Crippen molar-refractivity contribution in [2.24, 2.45) is 0 Å². The van der Waals surface area contributed by atoms with Crippen LogP contribution in [0.2, 0.25) is 0 Å². The number of ether oxygens (including phenoxy) is 3. The van der Waals surface area contributed by atoms with Crippen molar-refractivity contribution >= 4 is 16.0 Å². The molecule has 0 amide bonds. The van der Waals surface area contributed by atoms with Crippen molar-refractivity contribution in [1.82, 2.24) is 4.31 Å². The van der Waals surface area contributed by atoms with Crippen LogP contribution in [0.5, 0.6) is 11.5 Å². The van der Waals surface area contributed by atoms with E-state index in [1.165, 1.54) is 26.2 Å². The molecular weight excluding hydrogens is 382 g/mol. The molecule has 0 atom stereocenters. The molecule has 0 aromatic heterocycles. The Labute approximate surface area is 165 Å². The third-order valence-electron chi connectivity index (χ3n) is 3.79. The third kappa shape index (κ3) is 6.24. The van der Waals surface area contributed by atoms with Gasteiger partial charge in [-0.25, -0.2) is 12.7 Å². The SMILES string of the molecule is CCOc1ccc(OCCC(=O)OCc2cccc(S(=O)(=O)N(C)C)c2)cc1. The van der Waals surface area contributed by atoms with Crippen molar-refractivity contribution in [1.29, 1.82) is 0 Å². The van der Waals surface area contributed by atoms with Gasteiger partial charge in [0.2, 0.25) is 10.0 Å². The molecule has 0 aliphatic heterocycles. The highest BCUT2D eigenvalue weighted by atomic mass is 32.2. The molecular formula is C20H25NO6S. The fraction of sp³-hybridized carbons (Fsp3) is 0.350. The zero-order valence-corrected chi connectivity index (χ0v) is 17.1. The minimum absolute atomic E-state index is 0.00131. The summed E-state index contributed by atoms with van der Waals surface area (Å²) in [5, 5.41) is 0. The summed E-state index contributed by atoms with van der Waals surface area (Å²) in [6.45, 7) is 2.68. The Hall–Kier alpha value is -2.58. The zero-order chi connectivity index (χ0) is 20.6. The minimum Gasteiger partial charge on any atom is -0.494 e. The third-order valence-corrected chi connectivity index (χ3v) is 5.60. The second-order valence-electron chi connectivity index (χ2n) is 6.10. The summed E-state index contributed by atoms with van der Waals surface area (Å²) in [7, 11) is -0.596. The normalized spacial score (nSPS) is 11.3. The van der Waals surface area contributed by atoms with Crippen LogP contribution in [0.4, 0.5) is 0 Å². The maximum Gasteiger partial charge on any atom is 0.309 e. The molecule has 28 heavy (non-hydrogen) atoms. The Morgan fingerprint density at radius 1 is 1.00 bits per heavy atom. The molecule has 0 aliphatic rings. The maximum absolute atomic E-state index is 12.1. The zero-order valence-electron chi connectivity index (χ0n) is 16.3. The van der Waals surface area contributed by atoms with Crippen LogP contribution in [0.25, 0.3) is 0 Å². The van der Waals surface area contributed by atoms with Crippen molar-refractivity contribution in [3.63, 3.8) is 0 Å². The van der Waals surface area contributed by atoms with E-state index in [1.807, 2.05) is 6.92 Å². The van der Waals surface area contributed by atoms with E-state index in [9.17, 15) is 13.2 Å². The second-order valence-corrected chi connectivity index (χ2v) is 8.25. The first-order chi connectivity index (χ1) is 13.3. The molecule has 2 aromatic carbocycles. The van der Waals surface area contributed by atoms with Crippen LogP contribution in [0.3, 0.4) is 0 Å². The lowest BCUT2D eigenvalue weighted by Gasteiger charge is -2.12. The quantitative estimate of drug-likeness (QED) is 0.563. The molecule has 0 unspecified atom stereocenters. The Balaban J connectivity index is 1.80. The van der Waals surface area contributed by atoms with Gasteiger partial charge in [-0.15, -0.1) is 0 Å². The minimum atomic E-state index is -3.53. The predicted molar refractivity (Wildman–Crippen MR) is 105 cm³/mol. The number of rotatable bonds is 10. The molecule has 0 saturated carbocycles. The van der Waals surface area contributed by atoms with Gasteiger partial charge in [0.25, 0.3) is 0 Å². The number of carbonyl (C=O) groups is 1. The summed E-state index contributed by atoms with van der Waals surface area (Å²) < 4.78 is 41.5. The first kappa shape index (κ1) is 21.7. The number of carbonyl (C=O) groups excluding carboxylic acids is 1. The van der Waals surface area contributed by atoms with E-state index in [0.717, 1.165) is 10.1 Å². The molecule has 0 fully saturated rings. The van der Waals surface area contributed by atoms with Crippen LogP contribution < -0.4 is 9.47 Å². The average Bonchev–Trinajstić information content (AvgIpc) is 2.68. The number of hydrogen-bond donors (Lipinski definition) is 0. The number of benzene rings is 2. The molecule has 2 aromatic rings. The Bertz CT molecular complexity index is 878. The number of esters is 1. The first-order valence-electron chi connectivity index (χ1n) is 8.85. The summed E-state index contributed by atoms with van der Waals surface area (Å²) in [5.74, 6) is 0.970. The van der Waals surface area contributed by atoms with Crippen molar-refractivity contribution in [3.05, 3.63) is 54.1 Å². The lowest BCUT2D eigenvalue weighted by molar-refractivity contribution is -0.145. The Morgan fingerprint density at radius 2 is 1.64 bits per heavy atom. The summed E-state index contributed by atoms with van der Waals surface area (Å²) in [6.07, 6.45) is 0.0862. The van der Waals surface area contributed by atoms with Crippen LogP contribution in [0.15, 0.2) is 53.4 Å². The number of sulfonamides is 1. The van der Waals surface area contributed by atoms with Gasteiger partial charge in [0.15, 0.2) is 0 Å². The monoisotopic (exact) mass is 407 g/mol. The summed E-state index contributed by atoms with van der Waals surface area (Å²) in [4.78, 5) is 12.0. The molecule has 0 N–H and O–H groups in total. The highest BCUT2D eigenvalue weighted by Gasteiger charge is 2.17.